The summed E-state index contributed by atoms with van der Waals surface area (Å²) in [5.74, 6) is 0.916. The molecular weight excluding hydrogens is 228 g/mol. The molecular formula is C12H18N6. The maximum atomic E-state index is 4.52. The normalized spacial score (nSPS) is 15.2. The third-order valence-electron chi connectivity index (χ3n) is 3.32. The minimum absolute atomic E-state index is 0.667. The van der Waals surface area contributed by atoms with Gasteiger partial charge in [-0.1, -0.05) is 0 Å². The number of rotatable bonds is 5. The van der Waals surface area contributed by atoms with Crippen molar-refractivity contribution in [2.45, 2.75) is 38.9 Å². The molecule has 1 fully saturated rings. The maximum Gasteiger partial charge on any atom is 0.148 e. The van der Waals surface area contributed by atoms with Crippen LogP contribution >= 0.6 is 0 Å². The Balaban J connectivity index is 1.68. The van der Waals surface area contributed by atoms with Crippen LogP contribution in [-0.2, 0) is 20.1 Å². The van der Waals surface area contributed by atoms with E-state index in [1.165, 1.54) is 18.4 Å². The quantitative estimate of drug-likeness (QED) is 0.840. The van der Waals surface area contributed by atoms with E-state index >= 15 is 0 Å². The maximum absolute atomic E-state index is 4.52. The Hall–Kier alpha value is -1.69. The van der Waals surface area contributed by atoms with Gasteiger partial charge in [0.2, 0.25) is 0 Å². The van der Waals surface area contributed by atoms with Crippen LogP contribution in [0.1, 0.15) is 29.9 Å². The molecule has 2 heterocycles. The summed E-state index contributed by atoms with van der Waals surface area (Å²) in [6.45, 7) is 3.63. The van der Waals surface area contributed by atoms with Gasteiger partial charge < -0.3 is 5.32 Å². The molecule has 0 bridgehead atoms. The summed E-state index contributed by atoms with van der Waals surface area (Å²) in [6.07, 6.45) is 6.29. The molecule has 1 N–H and O–H groups in total. The minimum atomic E-state index is 0.667. The summed E-state index contributed by atoms with van der Waals surface area (Å²) < 4.78 is 3.71. The molecule has 1 aliphatic rings. The molecule has 96 valence electrons. The highest BCUT2D eigenvalue weighted by atomic mass is 15.4. The Labute approximate surface area is 106 Å². The zero-order chi connectivity index (χ0) is 12.5. The molecule has 1 saturated carbocycles. The number of hydrogen-bond acceptors (Lipinski definition) is 4. The smallest absolute Gasteiger partial charge is 0.148 e. The monoisotopic (exact) mass is 246 g/mol. The van der Waals surface area contributed by atoms with Gasteiger partial charge in [0.05, 0.1) is 5.69 Å². The van der Waals surface area contributed by atoms with Crippen LogP contribution in [0.2, 0.25) is 0 Å². The largest absolute Gasteiger partial charge is 0.310 e. The van der Waals surface area contributed by atoms with Crippen molar-refractivity contribution in [2.75, 3.05) is 0 Å². The Bertz CT molecular complexity index is 537. The number of nitrogens with one attached hydrogen (secondary N) is 1. The molecule has 18 heavy (non-hydrogen) atoms. The van der Waals surface area contributed by atoms with Crippen molar-refractivity contribution in [1.82, 2.24) is 29.9 Å². The molecule has 0 aliphatic heterocycles. The SMILES string of the molecule is Cc1nn(Cc2ncnn2C)cc1CNC1CC1. The van der Waals surface area contributed by atoms with Gasteiger partial charge in [-0.05, 0) is 19.8 Å². The summed E-state index contributed by atoms with van der Waals surface area (Å²) in [6, 6.07) is 0.728. The molecule has 6 nitrogen and oxygen atoms in total. The molecule has 3 rings (SSSR count). The molecule has 1 aliphatic carbocycles. The van der Waals surface area contributed by atoms with Gasteiger partial charge >= 0.3 is 0 Å². The van der Waals surface area contributed by atoms with Crippen molar-refractivity contribution in [3.8, 4) is 0 Å². The van der Waals surface area contributed by atoms with Gasteiger partial charge in [-0.25, -0.2) is 4.98 Å². The van der Waals surface area contributed by atoms with Crippen molar-refractivity contribution < 1.29 is 0 Å². The van der Waals surface area contributed by atoms with E-state index in [1.54, 1.807) is 11.0 Å². The van der Waals surface area contributed by atoms with Crippen LogP contribution in [0.3, 0.4) is 0 Å². The summed E-state index contributed by atoms with van der Waals surface area (Å²) >= 11 is 0. The fraction of sp³-hybridized carbons (Fsp3) is 0.583. The average molecular weight is 246 g/mol. The lowest BCUT2D eigenvalue weighted by Crippen LogP contribution is -2.15. The van der Waals surface area contributed by atoms with Crippen LogP contribution in [0, 0.1) is 6.92 Å². The number of aromatic nitrogens is 5. The third-order valence-corrected chi connectivity index (χ3v) is 3.32. The van der Waals surface area contributed by atoms with Crippen molar-refractivity contribution >= 4 is 0 Å². The van der Waals surface area contributed by atoms with E-state index in [-0.39, 0.29) is 0 Å². The lowest BCUT2D eigenvalue weighted by Gasteiger charge is -2.00. The lowest BCUT2D eigenvalue weighted by molar-refractivity contribution is 0.604. The van der Waals surface area contributed by atoms with Crippen LogP contribution < -0.4 is 5.32 Å². The fourth-order valence-corrected chi connectivity index (χ4v) is 1.96. The first-order chi connectivity index (χ1) is 8.72. The van der Waals surface area contributed by atoms with Crippen LogP contribution in [0.5, 0.6) is 0 Å². The van der Waals surface area contributed by atoms with Crippen molar-refractivity contribution in [1.29, 1.82) is 0 Å². The first-order valence-electron chi connectivity index (χ1n) is 6.31. The Kier molecular flexibility index (Phi) is 2.87. The molecule has 0 aromatic carbocycles. The first-order valence-corrected chi connectivity index (χ1v) is 6.31. The Morgan fingerprint density at radius 3 is 2.94 bits per heavy atom. The molecule has 0 amide bonds. The zero-order valence-electron chi connectivity index (χ0n) is 10.8. The van der Waals surface area contributed by atoms with Gasteiger partial charge in [0.1, 0.15) is 18.7 Å². The Morgan fingerprint density at radius 1 is 1.44 bits per heavy atom. The minimum Gasteiger partial charge on any atom is -0.310 e. The van der Waals surface area contributed by atoms with Crippen LogP contribution in [0.15, 0.2) is 12.5 Å². The molecule has 2 aromatic rings. The van der Waals surface area contributed by atoms with Crippen LogP contribution in [0.25, 0.3) is 0 Å². The van der Waals surface area contributed by atoms with Gasteiger partial charge in [-0.2, -0.15) is 10.2 Å². The van der Waals surface area contributed by atoms with Gasteiger partial charge in [0.15, 0.2) is 0 Å². The van der Waals surface area contributed by atoms with E-state index in [9.17, 15) is 0 Å². The lowest BCUT2D eigenvalue weighted by atomic mass is 10.2. The van der Waals surface area contributed by atoms with Crippen LogP contribution in [0.4, 0.5) is 0 Å². The van der Waals surface area contributed by atoms with E-state index < -0.39 is 0 Å². The Morgan fingerprint density at radius 2 is 2.28 bits per heavy atom. The van der Waals surface area contributed by atoms with Gasteiger partial charge in [-0.15, -0.1) is 0 Å². The van der Waals surface area contributed by atoms with Crippen molar-refractivity contribution in [3.63, 3.8) is 0 Å². The third kappa shape index (κ3) is 2.43. The highest BCUT2D eigenvalue weighted by molar-refractivity contribution is 5.16. The molecule has 0 saturated heterocycles. The topological polar surface area (TPSA) is 60.6 Å². The first kappa shape index (κ1) is 11.4. The molecule has 6 heteroatoms. The fourth-order valence-electron chi connectivity index (χ4n) is 1.96. The van der Waals surface area contributed by atoms with Crippen LogP contribution in [-0.4, -0.2) is 30.6 Å². The van der Waals surface area contributed by atoms with E-state index in [0.717, 1.165) is 24.1 Å². The highest BCUT2D eigenvalue weighted by Gasteiger charge is 2.20. The second kappa shape index (κ2) is 4.53. The van der Waals surface area contributed by atoms with E-state index in [0.29, 0.717) is 6.54 Å². The van der Waals surface area contributed by atoms with Gasteiger partial charge in [-0.3, -0.25) is 9.36 Å². The molecule has 0 unspecified atom stereocenters. The number of hydrogen-bond donors (Lipinski definition) is 1. The van der Waals surface area contributed by atoms with Crippen molar-refractivity contribution in [3.05, 3.63) is 29.6 Å². The molecule has 2 aromatic heterocycles. The predicted octanol–water partition coefficient (Wildman–Crippen LogP) is 0.620. The van der Waals surface area contributed by atoms with Gasteiger partial charge in [0, 0.05) is 31.4 Å². The molecule has 0 radical (unpaired) electrons. The second-order valence-electron chi connectivity index (χ2n) is 4.89. The number of aryl methyl sites for hydroxylation is 2. The summed E-state index contributed by atoms with van der Waals surface area (Å²) in [5, 5.41) is 12.1. The highest BCUT2D eigenvalue weighted by Crippen LogP contribution is 2.19. The van der Waals surface area contributed by atoms with E-state index in [2.05, 4.69) is 33.6 Å². The standard InChI is InChI=1S/C12H18N6/c1-9-10(5-13-11-3-4-11)6-18(16-9)7-12-14-8-15-17(12)2/h6,8,11,13H,3-5,7H2,1-2H3. The average Bonchev–Trinajstić information content (AvgIpc) is 3.00. The van der Waals surface area contributed by atoms with E-state index in [4.69, 9.17) is 0 Å². The van der Waals surface area contributed by atoms with Crippen molar-refractivity contribution in [2.24, 2.45) is 7.05 Å². The summed E-state index contributed by atoms with van der Waals surface area (Å²) in [7, 11) is 1.90. The zero-order valence-corrected chi connectivity index (χ0v) is 10.8. The molecule has 0 atom stereocenters. The summed E-state index contributed by atoms with van der Waals surface area (Å²) in [4.78, 5) is 4.21. The second-order valence-corrected chi connectivity index (χ2v) is 4.89. The summed E-state index contributed by atoms with van der Waals surface area (Å²) in [5.41, 5.74) is 2.36. The van der Waals surface area contributed by atoms with Gasteiger partial charge in [0.25, 0.3) is 0 Å². The molecule has 0 spiro atoms. The van der Waals surface area contributed by atoms with E-state index in [1.807, 2.05) is 11.7 Å². The predicted molar refractivity (Wildman–Crippen MR) is 66.9 cm³/mol. The number of nitrogens with zero attached hydrogens (tertiary/aromatic N) is 5.